The van der Waals surface area contributed by atoms with Gasteiger partial charge in [-0.3, -0.25) is 14.3 Å². The highest BCUT2D eigenvalue weighted by molar-refractivity contribution is 5.01. The highest BCUT2D eigenvalue weighted by Gasteiger charge is 2.23. The van der Waals surface area contributed by atoms with Gasteiger partial charge in [-0.15, -0.1) is 0 Å². The van der Waals surface area contributed by atoms with E-state index in [0.29, 0.717) is 6.04 Å². The molecule has 1 fully saturated rings. The third-order valence-electron chi connectivity index (χ3n) is 3.46. The second kappa shape index (κ2) is 4.89. The Balaban J connectivity index is 1.52. The van der Waals surface area contributed by atoms with Crippen molar-refractivity contribution in [1.82, 2.24) is 29.4 Å². The lowest BCUT2D eigenvalue weighted by atomic mass is 10.3. The highest BCUT2D eigenvalue weighted by atomic mass is 15.3. The third-order valence-corrected chi connectivity index (χ3v) is 3.46. The lowest BCUT2D eigenvalue weighted by molar-refractivity contribution is 0.299. The van der Waals surface area contributed by atoms with Crippen LogP contribution in [-0.4, -0.2) is 49.1 Å². The molecule has 6 nitrogen and oxygen atoms in total. The summed E-state index contributed by atoms with van der Waals surface area (Å²) in [6, 6.07) is 0.523. The summed E-state index contributed by atoms with van der Waals surface area (Å²) < 4.78 is 3.98. The van der Waals surface area contributed by atoms with Crippen LogP contribution in [0.3, 0.4) is 0 Å². The first-order chi connectivity index (χ1) is 8.81. The predicted octanol–water partition coefficient (Wildman–Crippen LogP) is 0.730. The largest absolute Gasteiger partial charge is 0.299 e. The first-order valence-electron chi connectivity index (χ1n) is 6.37. The summed E-state index contributed by atoms with van der Waals surface area (Å²) in [5.74, 6) is 0. The Bertz CT molecular complexity index is 488. The van der Waals surface area contributed by atoms with Crippen molar-refractivity contribution >= 4 is 0 Å². The molecule has 0 N–H and O–H groups in total. The van der Waals surface area contributed by atoms with Crippen LogP contribution in [0.1, 0.15) is 18.0 Å². The van der Waals surface area contributed by atoms with Crippen LogP contribution in [0, 0.1) is 6.92 Å². The monoisotopic (exact) mass is 246 g/mol. The average Bonchev–Trinajstić information content (AvgIpc) is 3.07. The molecule has 1 aliphatic heterocycles. The van der Waals surface area contributed by atoms with Gasteiger partial charge in [0.25, 0.3) is 0 Å². The van der Waals surface area contributed by atoms with E-state index in [0.717, 1.165) is 26.2 Å². The minimum atomic E-state index is 0.523. The molecule has 1 saturated heterocycles. The van der Waals surface area contributed by atoms with Crippen molar-refractivity contribution in [3.05, 3.63) is 30.6 Å². The van der Waals surface area contributed by atoms with Gasteiger partial charge in [-0.1, -0.05) is 0 Å². The van der Waals surface area contributed by atoms with Crippen LogP contribution in [0.5, 0.6) is 0 Å². The van der Waals surface area contributed by atoms with E-state index in [4.69, 9.17) is 0 Å². The molecule has 0 radical (unpaired) electrons. The zero-order valence-corrected chi connectivity index (χ0v) is 10.6. The van der Waals surface area contributed by atoms with Gasteiger partial charge in [-0.05, 0) is 18.9 Å². The van der Waals surface area contributed by atoms with Crippen molar-refractivity contribution in [2.45, 2.75) is 25.9 Å². The van der Waals surface area contributed by atoms with Gasteiger partial charge in [-0.2, -0.15) is 10.2 Å². The van der Waals surface area contributed by atoms with Crippen molar-refractivity contribution in [3.8, 4) is 0 Å². The standard InChI is InChI=1S/C12H18N6/c1-11-6-14-18(7-11)12-2-3-16(8-12)4-5-17-10-13-9-15-17/h6-7,9-10,12H,2-5,8H2,1H3. The second-order valence-electron chi connectivity index (χ2n) is 4.90. The molecule has 0 amide bonds. The lowest BCUT2D eigenvalue weighted by Gasteiger charge is -2.15. The van der Waals surface area contributed by atoms with Crippen molar-refractivity contribution in [1.29, 1.82) is 0 Å². The van der Waals surface area contributed by atoms with Crippen molar-refractivity contribution < 1.29 is 0 Å². The molecule has 6 heteroatoms. The van der Waals surface area contributed by atoms with Crippen LogP contribution < -0.4 is 0 Å². The van der Waals surface area contributed by atoms with Crippen LogP contribution in [0.4, 0.5) is 0 Å². The molecule has 2 aromatic heterocycles. The minimum Gasteiger partial charge on any atom is -0.299 e. The Hall–Kier alpha value is -1.69. The number of aryl methyl sites for hydroxylation is 1. The fourth-order valence-corrected chi connectivity index (χ4v) is 2.46. The van der Waals surface area contributed by atoms with E-state index in [9.17, 15) is 0 Å². The summed E-state index contributed by atoms with van der Waals surface area (Å²) in [5.41, 5.74) is 1.23. The number of rotatable bonds is 4. The number of nitrogens with zero attached hydrogens (tertiary/aromatic N) is 6. The van der Waals surface area contributed by atoms with E-state index in [2.05, 4.69) is 37.9 Å². The molecule has 96 valence electrons. The van der Waals surface area contributed by atoms with Crippen molar-refractivity contribution in [3.63, 3.8) is 0 Å². The molecular formula is C12H18N6. The number of likely N-dealkylation sites (tertiary alicyclic amines) is 1. The minimum absolute atomic E-state index is 0.523. The van der Waals surface area contributed by atoms with E-state index in [1.54, 1.807) is 12.7 Å². The summed E-state index contributed by atoms with van der Waals surface area (Å²) >= 11 is 0. The average molecular weight is 246 g/mol. The van der Waals surface area contributed by atoms with Gasteiger partial charge in [0.2, 0.25) is 0 Å². The van der Waals surface area contributed by atoms with E-state index < -0.39 is 0 Å². The van der Waals surface area contributed by atoms with Gasteiger partial charge in [0.05, 0.1) is 18.8 Å². The number of hydrogen-bond donors (Lipinski definition) is 0. The predicted molar refractivity (Wildman–Crippen MR) is 67.1 cm³/mol. The highest BCUT2D eigenvalue weighted by Crippen LogP contribution is 2.20. The fourth-order valence-electron chi connectivity index (χ4n) is 2.46. The van der Waals surface area contributed by atoms with Crippen LogP contribution in [-0.2, 0) is 6.54 Å². The van der Waals surface area contributed by atoms with Gasteiger partial charge in [-0.25, -0.2) is 4.98 Å². The molecular weight excluding hydrogens is 228 g/mol. The summed E-state index contributed by atoms with van der Waals surface area (Å²) in [6.07, 6.45) is 8.59. The molecule has 1 unspecified atom stereocenters. The Morgan fingerprint density at radius 2 is 2.28 bits per heavy atom. The molecule has 0 spiro atoms. The lowest BCUT2D eigenvalue weighted by Crippen LogP contribution is -2.26. The summed E-state index contributed by atoms with van der Waals surface area (Å²) in [4.78, 5) is 6.41. The molecule has 0 saturated carbocycles. The van der Waals surface area contributed by atoms with E-state index in [-0.39, 0.29) is 0 Å². The molecule has 2 aromatic rings. The van der Waals surface area contributed by atoms with E-state index in [1.807, 2.05) is 10.9 Å². The first kappa shape index (κ1) is 11.4. The first-order valence-corrected chi connectivity index (χ1v) is 6.37. The maximum Gasteiger partial charge on any atom is 0.137 e. The van der Waals surface area contributed by atoms with Gasteiger partial charge < -0.3 is 0 Å². The Morgan fingerprint density at radius 1 is 1.33 bits per heavy atom. The van der Waals surface area contributed by atoms with Gasteiger partial charge in [0, 0.05) is 25.8 Å². The number of aromatic nitrogens is 5. The molecule has 3 heterocycles. The maximum atomic E-state index is 4.40. The molecule has 1 atom stereocenters. The zero-order valence-electron chi connectivity index (χ0n) is 10.6. The van der Waals surface area contributed by atoms with Crippen LogP contribution in [0.2, 0.25) is 0 Å². The molecule has 0 aliphatic carbocycles. The van der Waals surface area contributed by atoms with Gasteiger partial charge in [0.15, 0.2) is 0 Å². The summed E-state index contributed by atoms with van der Waals surface area (Å²) in [6.45, 7) is 6.24. The Labute approximate surface area is 106 Å². The van der Waals surface area contributed by atoms with Crippen LogP contribution in [0.15, 0.2) is 25.0 Å². The van der Waals surface area contributed by atoms with Crippen molar-refractivity contribution in [2.75, 3.05) is 19.6 Å². The second-order valence-corrected chi connectivity index (χ2v) is 4.90. The topological polar surface area (TPSA) is 51.8 Å². The van der Waals surface area contributed by atoms with E-state index >= 15 is 0 Å². The fraction of sp³-hybridized carbons (Fsp3) is 0.583. The molecule has 1 aliphatic rings. The molecule has 0 aromatic carbocycles. The van der Waals surface area contributed by atoms with Crippen LogP contribution in [0.25, 0.3) is 0 Å². The third kappa shape index (κ3) is 2.43. The SMILES string of the molecule is Cc1cnn(C2CCN(CCn3cncn3)C2)c1. The Morgan fingerprint density at radius 3 is 3.00 bits per heavy atom. The van der Waals surface area contributed by atoms with Gasteiger partial charge >= 0.3 is 0 Å². The van der Waals surface area contributed by atoms with Crippen molar-refractivity contribution in [2.24, 2.45) is 0 Å². The molecule has 3 rings (SSSR count). The van der Waals surface area contributed by atoms with E-state index in [1.165, 1.54) is 12.0 Å². The molecule has 18 heavy (non-hydrogen) atoms. The normalized spacial score (nSPS) is 20.6. The van der Waals surface area contributed by atoms with Crippen LogP contribution >= 0.6 is 0 Å². The smallest absolute Gasteiger partial charge is 0.137 e. The molecule has 0 bridgehead atoms. The summed E-state index contributed by atoms with van der Waals surface area (Å²) in [5, 5.41) is 8.52. The summed E-state index contributed by atoms with van der Waals surface area (Å²) in [7, 11) is 0. The Kier molecular flexibility index (Phi) is 3.10. The zero-order chi connectivity index (χ0) is 12.4. The number of hydrogen-bond acceptors (Lipinski definition) is 4. The maximum absolute atomic E-state index is 4.40. The van der Waals surface area contributed by atoms with Gasteiger partial charge in [0.1, 0.15) is 12.7 Å². The quantitative estimate of drug-likeness (QED) is 0.798.